The number of rotatable bonds is 8. The number of likely N-dealkylation sites (N-methyl/N-ethyl adjacent to an activating group) is 2. The van der Waals surface area contributed by atoms with Crippen LogP contribution in [0.25, 0.3) is 21.8 Å². The number of hydrogen-bond acceptors (Lipinski definition) is 10. The number of nitro benzene ring substituents is 1. The van der Waals surface area contributed by atoms with Gasteiger partial charge in [0.2, 0.25) is 7.59 Å². The summed E-state index contributed by atoms with van der Waals surface area (Å²) in [5, 5.41) is 17.7. The lowest BCUT2D eigenvalue weighted by molar-refractivity contribution is -0.384. The second-order valence-corrected chi connectivity index (χ2v) is 17.4. The molecule has 4 heterocycles. The first-order chi connectivity index (χ1) is 23.7. The van der Waals surface area contributed by atoms with E-state index in [0.717, 1.165) is 51.9 Å². The van der Waals surface area contributed by atoms with Crippen molar-refractivity contribution in [3.05, 3.63) is 63.2 Å². The number of halogens is 7. The van der Waals surface area contributed by atoms with Crippen LogP contribution in [0.3, 0.4) is 0 Å². The molecule has 18 heteroatoms. The monoisotopic (exact) mass is 821 g/mol. The summed E-state index contributed by atoms with van der Waals surface area (Å²) in [7, 11) is 0. The van der Waals surface area contributed by atoms with Gasteiger partial charge >= 0.3 is 0 Å². The van der Waals surface area contributed by atoms with Crippen LogP contribution < -0.4 is 10.0 Å². The molecule has 50 heavy (non-hydrogen) atoms. The Labute approximate surface area is 324 Å². The lowest BCUT2D eigenvalue weighted by atomic mass is 10.0. The predicted molar refractivity (Wildman–Crippen MR) is 204 cm³/mol. The molecule has 0 amide bonds. The number of likely N-dealkylation sites (tertiary alicyclic amines) is 2. The smallest absolute Gasteiger partial charge is 0.270 e. The van der Waals surface area contributed by atoms with Crippen LogP contribution in [-0.2, 0) is 7.59 Å². The molecule has 2 aliphatic heterocycles. The molecule has 2 unspecified atom stereocenters. The van der Waals surface area contributed by atoms with Gasteiger partial charge in [-0.05, 0) is 76.1 Å². The molecule has 0 saturated carbocycles. The number of nitrogens with zero attached hydrogens (tertiary/aromatic N) is 9. The van der Waals surface area contributed by atoms with Crippen molar-refractivity contribution in [1.29, 1.82) is 0 Å². The SMILES string of the molecule is CCN1CCCC(N(c2nc(C(Cl)(Cl)Cl)nc3ccc(Cl)cc23)N(c2nc(C(Cl)(Cl)Cl)nc3ccc([N+](=O)[O-])cc23)C2CCCN(CC)C2)C1. The summed E-state index contributed by atoms with van der Waals surface area (Å²) >= 11 is 45.5. The molecular formula is C32H34Cl7N9O2. The fraction of sp³-hybridized carbons (Fsp3) is 0.500. The van der Waals surface area contributed by atoms with Gasteiger partial charge in [0.05, 0.1) is 33.4 Å². The quantitative estimate of drug-likeness (QED) is 0.0971. The van der Waals surface area contributed by atoms with Gasteiger partial charge in [0, 0.05) is 35.6 Å². The molecule has 11 nitrogen and oxygen atoms in total. The molecule has 2 aromatic heterocycles. The van der Waals surface area contributed by atoms with Gasteiger partial charge in [-0.1, -0.05) is 95.1 Å². The number of alkyl halides is 6. The van der Waals surface area contributed by atoms with E-state index < -0.39 is 12.5 Å². The molecule has 0 bridgehead atoms. The van der Waals surface area contributed by atoms with Crippen molar-refractivity contribution in [2.24, 2.45) is 0 Å². The number of non-ortho nitro benzene ring substituents is 1. The number of hydrogen-bond donors (Lipinski definition) is 0. The van der Waals surface area contributed by atoms with E-state index in [0.29, 0.717) is 51.6 Å². The van der Waals surface area contributed by atoms with Crippen molar-refractivity contribution in [3.8, 4) is 0 Å². The van der Waals surface area contributed by atoms with Gasteiger partial charge in [0.15, 0.2) is 23.3 Å². The van der Waals surface area contributed by atoms with Gasteiger partial charge in [-0.25, -0.2) is 19.9 Å². The zero-order valence-electron chi connectivity index (χ0n) is 27.2. The molecule has 2 fully saturated rings. The molecule has 0 spiro atoms. The largest absolute Gasteiger partial charge is 0.301 e. The molecular weight excluding hydrogens is 791 g/mol. The average molecular weight is 825 g/mol. The van der Waals surface area contributed by atoms with E-state index in [4.69, 9.17) is 91.2 Å². The number of aromatic nitrogens is 4. The van der Waals surface area contributed by atoms with Gasteiger partial charge < -0.3 is 9.80 Å². The van der Waals surface area contributed by atoms with Crippen LogP contribution in [-0.4, -0.2) is 86.0 Å². The first-order valence-corrected chi connectivity index (χ1v) is 18.9. The number of anilines is 2. The summed E-state index contributed by atoms with van der Waals surface area (Å²) in [5.74, 6) is 0.650. The van der Waals surface area contributed by atoms with Crippen molar-refractivity contribution >= 4 is 120 Å². The Morgan fingerprint density at radius 3 is 1.66 bits per heavy atom. The topological polar surface area (TPSA) is 108 Å². The third-order valence-corrected chi connectivity index (χ3v) is 10.5. The number of piperidine rings is 2. The summed E-state index contributed by atoms with van der Waals surface area (Å²) in [6.45, 7) is 9.01. The average Bonchev–Trinajstić information content (AvgIpc) is 3.08. The van der Waals surface area contributed by atoms with Crippen LogP contribution >= 0.6 is 81.2 Å². The summed E-state index contributed by atoms with van der Waals surface area (Å²) < 4.78 is -3.97. The Kier molecular flexibility index (Phi) is 11.5. The zero-order chi connectivity index (χ0) is 36.0. The van der Waals surface area contributed by atoms with E-state index in [2.05, 4.69) is 43.6 Å². The van der Waals surface area contributed by atoms with Gasteiger partial charge in [-0.2, -0.15) is 0 Å². The fourth-order valence-electron chi connectivity index (χ4n) is 6.84. The standard InChI is InChI=1S/C32H34Cl7N9O2/c1-3-44-13-5-7-21(17-44)46(27-23-15-19(33)9-11-25(23)40-29(42-27)31(34,35)36)47(22-8-6-14-45(4-2)18-22)28-24-16-20(48(49)50)10-12-26(24)41-30(43-28)32(37,38)39/h9-12,15-16,21-22H,3-8,13-14,17-18H2,1-2H3. The molecule has 2 aliphatic rings. The molecule has 4 aromatic rings. The maximum absolute atomic E-state index is 12.1. The second kappa shape index (κ2) is 15.2. The van der Waals surface area contributed by atoms with E-state index in [-0.39, 0.29) is 29.4 Å². The fourth-order valence-corrected chi connectivity index (χ4v) is 7.52. The van der Waals surface area contributed by atoms with E-state index >= 15 is 0 Å². The number of benzene rings is 2. The second-order valence-electron chi connectivity index (χ2n) is 12.4. The minimum absolute atomic E-state index is 0.0237. The van der Waals surface area contributed by atoms with Gasteiger partial charge in [0.1, 0.15) is 0 Å². The summed E-state index contributed by atoms with van der Waals surface area (Å²) in [6, 6.07) is 9.22. The summed E-state index contributed by atoms with van der Waals surface area (Å²) in [6.07, 6.45) is 3.30. The highest BCUT2D eigenvalue weighted by Crippen LogP contribution is 2.44. The highest BCUT2D eigenvalue weighted by Gasteiger charge is 2.41. The molecule has 0 N–H and O–H groups in total. The highest BCUT2D eigenvalue weighted by atomic mass is 35.6. The Balaban J connectivity index is 1.74. The minimum atomic E-state index is -2.01. The van der Waals surface area contributed by atoms with E-state index in [1.807, 2.05) is 0 Å². The van der Waals surface area contributed by atoms with Crippen molar-refractivity contribution in [2.75, 3.05) is 49.3 Å². The first-order valence-electron chi connectivity index (χ1n) is 16.3. The van der Waals surface area contributed by atoms with Crippen molar-refractivity contribution in [3.63, 3.8) is 0 Å². The summed E-state index contributed by atoms with van der Waals surface area (Å²) in [5.41, 5.74) is 0.742. The Bertz CT molecular complexity index is 1890. The predicted octanol–water partition coefficient (Wildman–Crippen LogP) is 8.98. The molecule has 2 saturated heterocycles. The normalized spacial score (nSPS) is 19.6. The molecule has 0 radical (unpaired) electrons. The van der Waals surface area contributed by atoms with Gasteiger partial charge in [0.25, 0.3) is 5.69 Å². The lowest BCUT2D eigenvalue weighted by Gasteiger charge is -2.50. The van der Waals surface area contributed by atoms with Gasteiger partial charge in [-0.3, -0.25) is 20.1 Å². The Morgan fingerprint density at radius 1 is 0.760 bits per heavy atom. The Morgan fingerprint density at radius 2 is 1.22 bits per heavy atom. The van der Waals surface area contributed by atoms with Crippen LogP contribution in [0.4, 0.5) is 17.3 Å². The van der Waals surface area contributed by atoms with Crippen LogP contribution in [0.5, 0.6) is 0 Å². The first kappa shape index (κ1) is 37.8. The van der Waals surface area contributed by atoms with Crippen LogP contribution in [0, 0.1) is 10.1 Å². The Hall–Kier alpha value is -1.93. The van der Waals surface area contributed by atoms with Crippen molar-refractivity contribution < 1.29 is 4.92 Å². The number of hydrazine groups is 1. The molecule has 6 rings (SSSR count). The summed E-state index contributed by atoms with van der Waals surface area (Å²) in [4.78, 5) is 35.4. The zero-order valence-corrected chi connectivity index (χ0v) is 32.5. The molecule has 2 atom stereocenters. The minimum Gasteiger partial charge on any atom is -0.301 e. The molecule has 2 aromatic carbocycles. The third kappa shape index (κ3) is 8.01. The van der Waals surface area contributed by atoms with Crippen LogP contribution in [0.1, 0.15) is 51.2 Å². The van der Waals surface area contributed by atoms with Crippen LogP contribution in [0.2, 0.25) is 5.02 Å². The van der Waals surface area contributed by atoms with E-state index in [1.54, 1.807) is 24.3 Å². The van der Waals surface area contributed by atoms with Crippen molar-refractivity contribution in [2.45, 2.75) is 59.2 Å². The number of nitro groups is 1. The van der Waals surface area contributed by atoms with Crippen molar-refractivity contribution in [1.82, 2.24) is 29.7 Å². The molecule has 0 aliphatic carbocycles. The maximum Gasteiger partial charge on any atom is 0.270 e. The van der Waals surface area contributed by atoms with Gasteiger partial charge in [-0.15, -0.1) is 0 Å². The molecule has 268 valence electrons. The third-order valence-electron chi connectivity index (χ3n) is 9.23. The lowest BCUT2D eigenvalue weighted by Crippen LogP contribution is -2.62. The maximum atomic E-state index is 12.1. The van der Waals surface area contributed by atoms with E-state index in [9.17, 15) is 10.1 Å². The number of fused-ring (bicyclic) bond motifs is 2. The van der Waals surface area contributed by atoms with Crippen LogP contribution in [0.15, 0.2) is 36.4 Å². The highest BCUT2D eigenvalue weighted by molar-refractivity contribution is 6.67. The van der Waals surface area contributed by atoms with E-state index in [1.165, 1.54) is 12.1 Å².